The number of rotatable bonds is 4. The molecule has 0 unspecified atom stereocenters. The molecule has 1 saturated heterocycles. The highest BCUT2D eigenvalue weighted by Gasteiger charge is 2.29. The number of hydrogen-bond donors (Lipinski definition) is 1. The monoisotopic (exact) mass is 403 g/mol. The van der Waals surface area contributed by atoms with E-state index in [4.69, 9.17) is 10.3 Å². The number of amides is 1. The van der Waals surface area contributed by atoms with E-state index >= 15 is 0 Å². The zero-order valence-corrected chi connectivity index (χ0v) is 17.9. The van der Waals surface area contributed by atoms with Crippen molar-refractivity contribution < 1.29 is 19.4 Å². The van der Waals surface area contributed by atoms with Crippen molar-refractivity contribution in [2.75, 3.05) is 31.1 Å². The Morgan fingerprint density at radius 2 is 1.69 bits per heavy atom. The Balaban J connectivity index is 2.36. The zero-order valence-electron chi connectivity index (χ0n) is 17.9. The maximum atomic E-state index is 12.3. The molecular formula is C20H29N5O4. The Hall–Kier alpha value is -2.93. The van der Waals surface area contributed by atoms with Gasteiger partial charge in [0.1, 0.15) is 5.60 Å². The number of carboxylic acid groups (broad SMARTS) is 1. The lowest BCUT2D eigenvalue weighted by molar-refractivity contribution is 0.0240. The molecule has 1 aromatic carbocycles. The van der Waals surface area contributed by atoms with E-state index in [0.29, 0.717) is 37.3 Å². The molecular weight excluding hydrogens is 374 g/mol. The van der Waals surface area contributed by atoms with Gasteiger partial charge in [-0.3, -0.25) is 0 Å². The summed E-state index contributed by atoms with van der Waals surface area (Å²) < 4.78 is 5.44. The van der Waals surface area contributed by atoms with Gasteiger partial charge in [-0.2, -0.15) is 0 Å². The third-order valence-corrected chi connectivity index (χ3v) is 5.12. The van der Waals surface area contributed by atoms with Gasteiger partial charge in [0.25, 0.3) is 0 Å². The number of ether oxygens (including phenoxy) is 1. The van der Waals surface area contributed by atoms with E-state index in [-0.39, 0.29) is 18.2 Å². The number of carbonyl (C=O) groups excluding carboxylic acids is 1. The van der Waals surface area contributed by atoms with Gasteiger partial charge in [0, 0.05) is 36.8 Å². The van der Waals surface area contributed by atoms with Crippen LogP contribution in [0.5, 0.6) is 0 Å². The lowest BCUT2D eigenvalue weighted by Gasteiger charge is -2.38. The molecule has 158 valence electrons. The smallest absolute Gasteiger partial charge is 0.410 e. The second-order valence-electron chi connectivity index (χ2n) is 8.23. The fourth-order valence-corrected chi connectivity index (χ4v) is 3.83. The molecule has 1 fully saturated rings. The van der Waals surface area contributed by atoms with Crippen molar-refractivity contribution in [3.05, 3.63) is 38.3 Å². The molecule has 2 rings (SSSR count). The fraction of sp³-hybridized carbons (Fsp3) is 0.600. The van der Waals surface area contributed by atoms with Crippen LogP contribution in [0.15, 0.2) is 5.11 Å². The van der Waals surface area contributed by atoms with Crippen molar-refractivity contribution >= 4 is 17.7 Å². The summed E-state index contributed by atoms with van der Waals surface area (Å²) in [7, 11) is 0. The van der Waals surface area contributed by atoms with Crippen molar-refractivity contribution in [1.82, 2.24) is 4.90 Å². The zero-order chi connectivity index (χ0) is 21.9. The first kappa shape index (κ1) is 22.4. The van der Waals surface area contributed by atoms with E-state index < -0.39 is 11.6 Å². The molecule has 29 heavy (non-hydrogen) atoms. The summed E-state index contributed by atoms with van der Waals surface area (Å²) in [5.74, 6) is -1.00. The van der Waals surface area contributed by atoms with Gasteiger partial charge < -0.3 is 19.6 Å². The summed E-state index contributed by atoms with van der Waals surface area (Å²) in [6.45, 7) is 13.1. The van der Waals surface area contributed by atoms with Gasteiger partial charge >= 0.3 is 12.1 Å². The predicted molar refractivity (Wildman–Crippen MR) is 110 cm³/mol. The molecule has 9 nitrogen and oxygen atoms in total. The standard InChI is InChI=1S/C20H29N5O4/c1-12-15(11-22-23-21)13(2)17(14(3)16(12)18(26)27)24-7-9-25(10-8-24)19(28)29-20(4,5)6/h7-11H2,1-6H3,(H,26,27). The molecule has 1 aromatic rings. The molecule has 0 bridgehead atoms. The SMILES string of the molecule is Cc1c(CN=[N+]=[N-])c(C)c(N2CCN(C(=O)OC(C)(C)C)CC2)c(C)c1C(=O)O. The normalized spacial score (nSPS) is 14.4. The Bertz CT molecular complexity index is 861. The molecule has 1 aliphatic heterocycles. The number of azide groups is 1. The van der Waals surface area contributed by atoms with Crippen LogP contribution in [-0.2, 0) is 11.3 Å². The van der Waals surface area contributed by atoms with Crippen LogP contribution in [-0.4, -0.2) is 53.8 Å². The average molecular weight is 403 g/mol. The minimum absolute atomic E-state index is 0.0968. The minimum atomic E-state index is -1.00. The lowest BCUT2D eigenvalue weighted by Crippen LogP contribution is -2.50. The third-order valence-electron chi connectivity index (χ3n) is 5.12. The first-order chi connectivity index (χ1) is 13.5. The molecule has 9 heteroatoms. The number of nitrogens with zero attached hydrogens (tertiary/aromatic N) is 5. The van der Waals surface area contributed by atoms with Crippen molar-refractivity contribution in [2.24, 2.45) is 5.11 Å². The van der Waals surface area contributed by atoms with Crippen molar-refractivity contribution in [2.45, 2.75) is 53.7 Å². The van der Waals surface area contributed by atoms with Crippen LogP contribution in [0.1, 0.15) is 53.4 Å². The van der Waals surface area contributed by atoms with Crippen LogP contribution in [0.2, 0.25) is 0 Å². The van der Waals surface area contributed by atoms with Gasteiger partial charge in [-0.15, -0.1) is 0 Å². The number of anilines is 1. The Morgan fingerprint density at radius 1 is 1.10 bits per heavy atom. The average Bonchev–Trinajstić information content (AvgIpc) is 2.60. The van der Waals surface area contributed by atoms with E-state index in [1.54, 1.807) is 18.7 Å². The second-order valence-corrected chi connectivity index (χ2v) is 8.23. The van der Waals surface area contributed by atoms with Gasteiger partial charge in [0.05, 0.1) is 12.1 Å². The summed E-state index contributed by atoms with van der Waals surface area (Å²) in [5.41, 5.74) is 12.2. The quantitative estimate of drug-likeness (QED) is 0.459. The Labute approximate surface area is 170 Å². The van der Waals surface area contributed by atoms with Crippen LogP contribution in [0.4, 0.5) is 10.5 Å². The first-order valence-electron chi connectivity index (χ1n) is 9.57. The van der Waals surface area contributed by atoms with Gasteiger partial charge in [-0.25, -0.2) is 9.59 Å². The summed E-state index contributed by atoms with van der Waals surface area (Å²) in [4.78, 5) is 30.8. The second kappa shape index (κ2) is 8.61. The van der Waals surface area contributed by atoms with E-state index in [1.165, 1.54) is 0 Å². The highest BCUT2D eigenvalue weighted by molar-refractivity contribution is 5.94. The lowest BCUT2D eigenvalue weighted by atomic mass is 9.90. The van der Waals surface area contributed by atoms with Gasteiger partial charge in [0.15, 0.2) is 0 Å². The minimum Gasteiger partial charge on any atom is -0.478 e. The van der Waals surface area contributed by atoms with E-state index in [2.05, 4.69) is 14.9 Å². The molecule has 1 N–H and O–H groups in total. The number of aromatic carboxylic acids is 1. The van der Waals surface area contributed by atoms with Crippen molar-refractivity contribution in [1.29, 1.82) is 0 Å². The van der Waals surface area contributed by atoms with Crippen LogP contribution >= 0.6 is 0 Å². The molecule has 0 saturated carbocycles. The highest BCUT2D eigenvalue weighted by Crippen LogP contribution is 2.35. The van der Waals surface area contributed by atoms with E-state index in [1.807, 2.05) is 27.7 Å². The summed E-state index contributed by atoms with van der Waals surface area (Å²) in [6.07, 6.45) is -0.343. The number of piperazine rings is 1. The Kier molecular flexibility index (Phi) is 6.64. The first-order valence-corrected chi connectivity index (χ1v) is 9.57. The topological polar surface area (TPSA) is 119 Å². The van der Waals surface area contributed by atoms with Gasteiger partial charge in [0.2, 0.25) is 0 Å². The molecule has 0 aromatic heterocycles. The largest absolute Gasteiger partial charge is 0.478 e. The maximum absolute atomic E-state index is 12.3. The number of carbonyl (C=O) groups is 2. The van der Waals surface area contributed by atoms with Gasteiger partial charge in [-0.1, -0.05) is 5.11 Å². The third kappa shape index (κ3) is 4.92. The van der Waals surface area contributed by atoms with Crippen LogP contribution in [0, 0.1) is 20.8 Å². The summed E-state index contributed by atoms with van der Waals surface area (Å²) in [5, 5.41) is 13.4. The van der Waals surface area contributed by atoms with Crippen molar-refractivity contribution in [3.63, 3.8) is 0 Å². The van der Waals surface area contributed by atoms with Crippen LogP contribution in [0.3, 0.4) is 0 Å². The maximum Gasteiger partial charge on any atom is 0.410 e. The predicted octanol–water partition coefficient (Wildman–Crippen LogP) is 4.18. The number of carboxylic acids is 1. The highest BCUT2D eigenvalue weighted by atomic mass is 16.6. The van der Waals surface area contributed by atoms with E-state index in [0.717, 1.165) is 16.8 Å². The molecule has 0 atom stereocenters. The molecule has 0 spiro atoms. The number of benzene rings is 1. The molecule has 0 aliphatic carbocycles. The summed E-state index contributed by atoms with van der Waals surface area (Å²) >= 11 is 0. The molecule has 1 amide bonds. The molecule has 1 heterocycles. The molecule has 0 radical (unpaired) electrons. The number of hydrogen-bond acceptors (Lipinski definition) is 5. The van der Waals surface area contributed by atoms with Gasteiger partial charge in [-0.05, 0) is 69.3 Å². The fourth-order valence-electron chi connectivity index (χ4n) is 3.83. The van der Waals surface area contributed by atoms with Crippen LogP contribution in [0.25, 0.3) is 10.4 Å². The van der Waals surface area contributed by atoms with Crippen LogP contribution < -0.4 is 4.90 Å². The Morgan fingerprint density at radius 3 is 2.17 bits per heavy atom. The van der Waals surface area contributed by atoms with E-state index in [9.17, 15) is 14.7 Å². The summed E-state index contributed by atoms with van der Waals surface area (Å²) in [6, 6.07) is 0. The molecule has 1 aliphatic rings. The van der Waals surface area contributed by atoms with Crippen molar-refractivity contribution in [3.8, 4) is 0 Å².